The number of esters is 2. The third-order valence-electron chi connectivity index (χ3n) is 9.30. The number of carbonyl (C=O) groups is 3. The number of carbonyl (C=O) groups excluding carboxylic acids is 2. The first-order valence-corrected chi connectivity index (χ1v) is 18.1. The second kappa shape index (κ2) is 15.3. The van der Waals surface area contributed by atoms with E-state index >= 15 is 0 Å². The highest BCUT2D eigenvalue weighted by molar-refractivity contribution is 8.21. The second-order valence-corrected chi connectivity index (χ2v) is 16.0. The number of carboxylic acid groups (broad SMARTS) is 1. The first kappa shape index (κ1) is 36.5. The molecule has 3 aliphatic rings. The van der Waals surface area contributed by atoms with Gasteiger partial charge in [0.05, 0.1) is 6.61 Å². The summed E-state index contributed by atoms with van der Waals surface area (Å²) < 4.78 is 23.1. The maximum atomic E-state index is 13.2. The van der Waals surface area contributed by atoms with Gasteiger partial charge in [0.2, 0.25) is 5.60 Å². The van der Waals surface area contributed by atoms with Gasteiger partial charge in [0.15, 0.2) is 11.9 Å². The largest absolute Gasteiger partial charge is 0.479 e. The summed E-state index contributed by atoms with van der Waals surface area (Å²) >= 11 is 2.78. The molecule has 0 saturated carbocycles. The highest BCUT2D eigenvalue weighted by atomic mass is 32.2. The molecule has 2 N–H and O–H groups in total. The maximum absolute atomic E-state index is 13.2. The van der Waals surface area contributed by atoms with Gasteiger partial charge in [-0.05, 0) is 42.2 Å². The molecule has 3 aliphatic heterocycles. The minimum Gasteiger partial charge on any atom is -0.479 e. The molecule has 2 bridgehead atoms. The SMILES string of the molecule is C=C(CCC12OCC3(SCCS3)C(C(=O)O)(O1)[C@H](OC(=O)/C=C/[C@@H](C)C[C@@H](C)CC)[C@H]2O)[C@@H](OC(C)=O)[C@H](C)Cc1ccccc1. The number of aliphatic hydroxyl groups is 1. The van der Waals surface area contributed by atoms with E-state index in [2.05, 4.69) is 20.4 Å². The second-order valence-electron chi connectivity index (χ2n) is 12.9. The molecule has 1 aromatic rings. The molecule has 0 amide bonds. The summed E-state index contributed by atoms with van der Waals surface area (Å²) in [7, 11) is 0. The van der Waals surface area contributed by atoms with Gasteiger partial charge >= 0.3 is 17.9 Å². The zero-order chi connectivity index (χ0) is 33.7. The molecule has 1 spiro atoms. The normalized spacial score (nSPS) is 29.3. The summed E-state index contributed by atoms with van der Waals surface area (Å²) in [4.78, 5) is 38.5. The van der Waals surface area contributed by atoms with Gasteiger partial charge in [0.1, 0.15) is 16.3 Å². The summed E-state index contributed by atoms with van der Waals surface area (Å²) in [5.41, 5.74) is -0.392. The number of aliphatic carboxylic acids is 1. The van der Waals surface area contributed by atoms with Crippen molar-refractivity contribution in [2.24, 2.45) is 17.8 Å². The molecule has 1 aromatic carbocycles. The van der Waals surface area contributed by atoms with Crippen LogP contribution in [-0.4, -0.2) is 80.0 Å². The third-order valence-corrected chi connectivity index (χ3v) is 12.9. The number of benzene rings is 1. The van der Waals surface area contributed by atoms with Gasteiger partial charge in [0.25, 0.3) is 0 Å². The van der Waals surface area contributed by atoms with Gasteiger partial charge in [-0.25, -0.2) is 9.59 Å². The highest BCUT2D eigenvalue weighted by Crippen LogP contribution is 2.63. The number of thioether (sulfide) groups is 2. The molecule has 4 rings (SSSR count). The lowest BCUT2D eigenvalue weighted by Gasteiger charge is -2.48. The van der Waals surface area contributed by atoms with E-state index in [0.29, 0.717) is 29.4 Å². The summed E-state index contributed by atoms with van der Waals surface area (Å²) in [5, 5.41) is 22.6. The maximum Gasteiger partial charge on any atom is 0.342 e. The fraction of sp³-hybridized carbons (Fsp3) is 0.629. The van der Waals surface area contributed by atoms with Crippen molar-refractivity contribution in [1.82, 2.24) is 0 Å². The topological polar surface area (TPSA) is 129 Å². The number of fused-ring (bicyclic) bond motifs is 3. The van der Waals surface area contributed by atoms with Gasteiger partial charge in [-0.3, -0.25) is 4.79 Å². The predicted molar refractivity (Wildman–Crippen MR) is 179 cm³/mol. The number of allylic oxidation sites excluding steroid dienone is 1. The Morgan fingerprint density at radius 3 is 2.43 bits per heavy atom. The van der Waals surface area contributed by atoms with Crippen molar-refractivity contribution in [2.75, 3.05) is 18.1 Å². The number of ether oxygens (including phenoxy) is 4. The van der Waals surface area contributed by atoms with Crippen LogP contribution in [0.2, 0.25) is 0 Å². The molecular weight excluding hydrogens is 629 g/mol. The molecule has 46 heavy (non-hydrogen) atoms. The molecule has 3 saturated heterocycles. The summed E-state index contributed by atoms with van der Waals surface area (Å²) in [6.07, 6.45) is 2.08. The van der Waals surface area contributed by atoms with Crippen molar-refractivity contribution >= 4 is 41.4 Å². The molecule has 0 aliphatic carbocycles. The van der Waals surface area contributed by atoms with Gasteiger partial charge in [-0.15, -0.1) is 23.5 Å². The fourth-order valence-electron chi connectivity index (χ4n) is 6.71. The number of rotatable bonds is 15. The van der Waals surface area contributed by atoms with Crippen LogP contribution in [0.5, 0.6) is 0 Å². The monoisotopic (exact) mass is 676 g/mol. The molecule has 8 atom stereocenters. The Morgan fingerprint density at radius 1 is 1.15 bits per heavy atom. The molecule has 0 radical (unpaired) electrons. The molecule has 11 heteroatoms. The van der Waals surface area contributed by atoms with Gasteiger partial charge < -0.3 is 29.2 Å². The Morgan fingerprint density at radius 2 is 1.83 bits per heavy atom. The van der Waals surface area contributed by atoms with E-state index in [-0.39, 0.29) is 31.3 Å². The van der Waals surface area contributed by atoms with Gasteiger partial charge in [-0.1, -0.05) is 77.1 Å². The van der Waals surface area contributed by atoms with E-state index < -0.39 is 51.7 Å². The minimum absolute atomic E-state index is 0.0130. The van der Waals surface area contributed by atoms with Crippen molar-refractivity contribution in [3.8, 4) is 0 Å². The van der Waals surface area contributed by atoms with Crippen LogP contribution in [0.3, 0.4) is 0 Å². The van der Waals surface area contributed by atoms with Crippen LogP contribution in [0.25, 0.3) is 0 Å². The van der Waals surface area contributed by atoms with Crippen LogP contribution < -0.4 is 0 Å². The summed E-state index contributed by atoms with van der Waals surface area (Å²) in [6.45, 7) is 13.8. The van der Waals surface area contributed by atoms with Crippen molar-refractivity contribution < 1.29 is 43.5 Å². The summed E-state index contributed by atoms with van der Waals surface area (Å²) in [6, 6.07) is 9.85. The van der Waals surface area contributed by atoms with Gasteiger partial charge in [0, 0.05) is 36.8 Å². The third kappa shape index (κ3) is 7.54. The molecule has 9 nitrogen and oxygen atoms in total. The van der Waals surface area contributed by atoms with Crippen LogP contribution >= 0.6 is 23.5 Å². The summed E-state index contributed by atoms with van der Waals surface area (Å²) in [5.74, 6) is -2.50. The molecular formula is C35H48O9S2. The first-order chi connectivity index (χ1) is 21.8. The Kier molecular flexibility index (Phi) is 12.1. The van der Waals surface area contributed by atoms with Crippen LogP contribution in [0.15, 0.2) is 54.6 Å². The number of hydrogen-bond acceptors (Lipinski definition) is 10. The van der Waals surface area contributed by atoms with Crippen LogP contribution in [0.1, 0.15) is 65.9 Å². The number of carboxylic acids is 1. The van der Waals surface area contributed by atoms with E-state index in [4.69, 9.17) is 18.9 Å². The van der Waals surface area contributed by atoms with Crippen molar-refractivity contribution in [3.05, 3.63) is 60.2 Å². The smallest absolute Gasteiger partial charge is 0.342 e. The average molecular weight is 677 g/mol. The Labute approximate surface area is 280 Å². The van der Waals surface area contributed by atoms with Crippen molar-refractivity contribution in [1.29, 1.82) is 0 Å². The zero-order valence-electron chi connectivity index (χ0n) is 27.4. The van der Waals surface area contributed by atoms with Crippen molar-refractivity contribution in [2.45, 2.75) is 101 Å². The standard InChI is InChI=1S/C35H48O9S2/c1-7-22(2)19-23(3)13-14-28(37)43-31-30(38)33(41-21-34(45-17-18-46-34)35(31,44-33)32(39)40)16-15-24(4)29(42-26(6)36)25(5)20-27-11-9-8-10-12-27/h8-14,22-23,25,29-31,38H,4,7,15-21H2,1-3,5-6H3,(H,39,40)/b14-13+/t22-,23+,25+,29+,30+,31+,33?,35?/m0/s1. The quantitative estimate of drug-likeness (QED) is 0.133. The molecule has 3 heterocycles. The molecule has 254 valence electrons. The molecule has 2 unspecified atom stereocenters. The van der Waals surface area contributed by atoms with Crippen LogP contribution in [0.4, 0.5) is 0 Å². The first-order valence-electron chi connectivity index (χ1n) is 16.1. The minimum atomic E-state index is -2.06. The van der Waals surface area contributed by atoms with E-state index in [1.165, 1.54) is 36.5 Å². The van der Waals surface area contributed by atoms with E-state index in [1.54, 1.807) is 6.08 Å². The lowest BCUT2D eigenvalue weighted by Crippen LogP contribution is -2.66. The van der Waals surface area contributed by atoms with Crippen LogP contribution in [0, 0.1) is 17.8 Å². The average Bonchev–Trinajstić information content (AvgIpc) is 3.57. The molecule has 3 fully saturated rings. The van der Waals surface area contributed by atoms with E-state index in [0.717, 1.165) is 18.4 Å². The van der Waals surface area contributed by atoms with Gasteiger partial charge in [-0.2, -0.15) is 0 Å². The predicted octanol–water partition coefficient (Wildman–Crippen LogP) is 5.79. The number of aliphatic hydroxyl groups excluding tert-OH is 1. The molecule has 0 aromatic heterocycles. The Bertz CT molecular complexity index is 1280. The van der Waals surface area contributed by atoms with Crippen molar-refractivity contribution in [3.63, 3.8) is 0 Å². The lowest BCUT2D eigenvalue weighted by atomic mass is 9.87. The Hall–Kier alpha value is -2.31. The number of hydrogen-bond donors (Lipinski definition) is 2. The van der Waals surface area contributed by atoms with Crippen LogP contribution in [-0.2, 0) is 39.8 Å². The lowest BCUT2D eigenvalue weighted by molar-refractivity contribution is -0.309. The highest BCUT2D eigenvalue weighted by Gasteiger charge is 2.80. The van der Waals surface area contributed by atoms with E-state index in [9.17, 15) is 24.6 Å². The fourth-order valence-corrected chi connectivity index (χ4v) is 10.1. The Balaban J connectivity index is 1.57. The zero-order valence-corrected chi connectivity index (χ0v) is 29.1. The van der Waals surface area contributed by atoms with E-state index in [1.807, 2.05) is 44.2 Å².